The Hall–Kier alpha value is -1.88. The summed E-state index contributed by atoms with van der Waals surface area (Å²) in [6.45, 7) is 2.04. The lowest BCUT2D eigenvalue weighted by Gasteiger charge is -2.05. The number of nitrogens with two attached hydrogens (primary N) is 1. The molecule has 0 fully saturated rings. The molecular formula is C13H11BrN4. The molecule has 0 atom stereocenters. The van der Waals surface area contributed by atoms with E-state index in [0.717, 1.165) is 26.8 Å². The van der Waals surface area contributed by atoms with Crippen molar-refractivity contribution in [2.75, 3.05) is 5.73 Å². The number of benzene rings is 1. The van der Waals surface area contributed by atoms with Crippen LogP contribution in [0.15, 0.2) is 41.0 Å². The minimum Gasteiger partial charge on any atom is -0.382 e. The van der Waals surface area contributed by atoms with E-state index in [-0.39, 0.29) is 0 Å². The fourth-order valence-electron chi connectivity index (χ4n) is 1.97. The number of fused-ring (bicyclic) bond motifs is 1. The number of aryl methyl sites for hydroxylation is 1. The Morgan fingerprint density at radius 2 is 2.06 bits per heavy atom. The summed E-state index contributed by atoms with van der Waals surface area (Å²) in [5.41, 5.74) is 8.83. The zero-order valence-electron chi connectivity index (χ0n) is 9.76. The largest absolute Gasteiger partial charge is 0.382 e. The number of nitrogens with zero attached hydrogens (tertiary/aromatic N) is 3. The molecule has 90 valence electrons. The fraction of sp³-hybridized carbons (Fsp3) is 0.0769. The van der Waals surface area contributed by atoms with Crippen molar-refractivity contribution in [1.82, 2.24) is 14.8 Å². The minimum atomic E-state index is 0.488. The fourth-order valence-corrected chi connectivity index (χ4v) is 2.30. The Bertz CT molecular complexity index is 733. The summed E-state index contributed by atoms with van der Waals surface area (Å²) < 4.78 is 2.68. The van der Waals surface area contributed by atoms with Gasteiger partial charge in [0, 0.05) is 10.7 Å². The molecule has 1 aromatic carbocycles. The van der Waals surface area contributed by atoms with Crippen molar-refractivity contribution in [1.29, 1.82) is 0 Å². The number of pyridine rings is 1. The molecule has 4 nitrogen and oxygen atoms in total. The van der Waals surface area contributed by atoms with Crippen LogP contribution < -0.4 is 5.73 Å². The Morgan fingerprint density at radius 3 is 2.83 bits per heavy atom. The summed E-state index contributed by atoms with van der Waals surface area (Å²) >= 11 is 3.39. The molecule has 0 unspecified atom stereocenters. The Kier molecular flexibility index (Phi) is 2.56. The van der Waals surface area contributed by atoms with Gasteiger partial charge in [-0.1, -0.05) is 18.2 Å². The van der Waals surface area contributed by atoms with Crippen LogP contribution >= 0.6 is 15.9 Å². The van der Waals surface area contributed by atoms with Crippen LogP contribution in [0.3, 0.4) is 0 Å². The molecule has 18 heavy (non-hydrogen) atoms. The summed E-state index contributed by atoms with van der Waals surface area (Å²) in [4.78, 5) is 4.39. The van der Waals surface area contributed by atoms with Crippen molar-refractivity contribution < 1.29 is 0 Å². The van der Waals surface area contributed by atoms with E-state index in [0.29, 0.717) is 5.82 Å². The van der Waals surface area contributed by atoms with Gasteiger partial charge in [-0.3, -0.25) is 0 Å². The van der Waals surface area contributed by atoms with Crippen LogP contribution in [0.5, 0.6) is 0 Å². The molecule has 5 heteroatoms. The predicted octanol–water partition coefficient (Wildman–Crippen LogP) is 3.07. The molecule has 3 rings (SSSR count). The van der Waals surface area contributed by atoms with E-state index >= 15 is 0 Å². The third kappa shape index (κ3) is 1.67. The van der Waals surface area contributed by atoms with Crippen molar-refractivity contribution >= 4 is 32.8 Å². The monoisotopic (exact) mass is 302 g/mol. The third-order valence-corrected chi connectivity index (χ3v) is 3.29. The Balaban J connectivity index is 2.34. The van der Waals surface area contributed by atoms with E-state index in [1.165, 1.54) is 0 Å². The van der Waals surface area contributed by atoms with Gasteiger partial charge in [0.1, 0.15) is 0 Å². The lowest BCUT2D eigenvalue weighted by molar-refractivity contribution is 0.894. The number of nitrogen functional groups attached to an aromatic ring is 1. The van der Waals surface area contributed by atoms with Crippen LogP contribution in [-0.2, 0) is 0 Å². The molecule has 0 aliphatic heterocycles. The van der Waals surface area contributed by atoms with E-state index in [1.807, 2.05) is 37.3 Å². The molecule has 0 aliphatic carbocycles. The molecular weight excluding hydrogens is 292 g/mol. The highest BCUT2D eigenvalue weighted by atomic mass is 79.9. The second-order valence-electron chi connectivity index (χ2n) is 4.11. The van der Waals surface area contributed by atoms with E-state index < -0.39 is 0 Å². The van der Waals surface area contributed by atoms with Crippen molar-refractivity contribution in [2.45, 2.75) is 6.92 Å². The number of halogens is 1. The van der Waals surface area contributed by atoms with Crippen molar-refractivity contribution in [3.05, 3.63) is 46.6 Å². The maximum Gasteiger partial charge on any atom is 0.165 e. The molecule has 0 aliphatic rings. The summed E-state index contributed by atoms with van der Waals surface area (Å²) in [6.07, 6.45) is 1.75. The average molecular weight is 303 g/mol. The SMILES string of the molecule is Cc1ccccc1-n1nc(N)c2cc(Br)cnc21. The van der Waals surface area contributed by atoms with E-state index in [9.17, 15) is 0 Å². The normalized spacial score (nSPS) is 11.0. The zero-order chi connectivity index (χ0) is 12.7. The molecule has 0 spiro atoms. The first-order valence-corrected chi connectivity index (χ1v) is 6.32. The van der Waals surface area contributed by atoms with Crippen molar-refractivity contribution in [3.63, 3.8) is 0 Å². The van der Waals surface area contributed by atoms with Crippen LogP contribution in [-0.4, -0.2) is 14.8 Å². The molecule has 0 bridgehead atoms. The second kappa shape index (κ2) is 4.10. The van der Waals surface area contributed by atoms with Gasteiger partial charge in [0.05, 0.1) is 11.1 Å². The summed E-state index contributed by atoms with van der Waals surface area (Å²) in [7, 11) is 0. The Labute approximate surface area is 113 Å². The molecule has 3 aromatic rings. The van der Waals surface area contributed by atoms with E-state index in [2.05, 4.69) is 26.0 Å². The smallest absolute Gasteiger partial charge is 0.165 e. The molecule has 2 aromatic heterocycles. The number of rotatable bonds is 1. The molecule has 0 amide bonds. The number of hydrogen-bond acceptors (Lipinski definition) is 3. The lowest BCUT2D eigenvalue weighted by atomic mass is 10.2. The first-order chi connectivity index (χ1) is 8.66. The van der Waals surface area contributed by atoms with Crippen molar-refractivity contribution in [2.24, 2.45) is 0 Å². The topological polar surface area (TPSA) is 56.7 Å². The van der Waals surface area contributed by atoms with Gasteiger partial charge < -0.3 is 5.73 Å². The van der Waals surface area contributed by atoms with Gasteiger partial charge >= 0.3 is 0 Å². The first kappa shape index (κ1) is 11.2. The number of para-hydroxylation sites is 1. The maximum atomic E-state index is 5.94. The number of anilines is 1. The minimum absolute atomic E-state index is 0.488. The zero-order valence-corrected chi connectivity index (χ0v) is 11.3. The molecule has 2 N–H and O–H groups in total. The van der Waals surface area contributed by atoms with Gasteiger partial charge in [0.25, 0.3) is 0 Å². The van der Waals surface area contributed by atoms with Gasteiger partial charge in [-0.2, -0.15) is 0 Å². The third-order valence-electron chi connectivity index (χ3n) is 2.86. The van der Waals surface area contributed by atoms with Gasteiger partial charge in [-0.05, 0) is 40.5 Å². The quantitative estimate of drug-likeness (QED) is 0.751. The highest BCUT2D eigenvalue weighted by Crippen LogP contribution is 2.25. The predicted molar refractivity (Wildman–Crippen MR) is 75.7 cm³/mol. The van der Waals surface area contributed by atoms with Crippen LogP contribution in [0.1, 0.15) is 5.56 Å². The van der Waals surface area contributed by atoms with Gasteiger partial charge in [-0.15, -0.1) is 5.10 Å². The van der Waals surface area contributed by atoms with Gasteiger partial charge in [-0.25, -0.2) is 9.67 Å². The number of aromatic nitrogens is 3. The molecule has 2 heterocycles. The van der Waals surface area contributed by atoms with Crippen molar-refractivity contribution in [3.8, 4) is 5.69 Å². The summed E-state index contributed by atoms with van der Waals surface area (Å²) in [5, 5.41) is 5.23. The van der Waals surface area contributed by atoms with Crippen LogP contribution in [0.4, 0.5) is 5.82 Å². The number of hydrogen-bond donors (Lipinski definition) is 1. The first-order valence-electron chi connectivity index (χ1n) is 5.52. The maximum absolute atomic E-state index is 5.94. The molecule has 0 saturated carbocycles. The van der Waals surface area contributed by atoms with Gasteiger partial charge in [0.15, 0.2) is 11.5 Å². The van der Waals surface area contributed by atoms with Crippen LogP contribution in [0.25, 0.3) is 16.7 Å². The Morgan fingerprint density at radius 1 is 1.28 bits per heavy atom. The van der Waals surface area contributed by atoms with Crippen LogP contribution in [0, 0.1) is 6.92 Å². The molecule has 0 saturated heterocycles. The molecule has 0 radical (unpaired) electrons. The van der Waals surface area contributed by atoms with E-state index in [1.54, 1.807) is 10.9 Å². The summed E-state index contributed by atoms with van der Waals surface area (Å²) in [5.74, 6) is 0.488. The average Bonchev–Trinajstić information content (AvgIpc) is 2.67. The highest BCUT2D eigenvalue weighted by Gasteiger charge is 2.12. The summed E-state index contributed by atoms with van der Waals surface area (Å²) in [6, 6.07) is 9.95. The standard InChI is InChI=1S/C13H11BrN4/c1-8-4-2-3-5-11(8)18-13-10(12(15)17-18)6-9(14)7-16-13/h2-7H,1H3,(H2,15,17). The van der Waals surface area contributed by atoms with E-state index in [4.69, 9.17) is 5.73 Å². The van der Waals surface area contributed by atoms with Crippen LogP contribution in [0.2, 0.25) is 0 Å². The lowest BCUT2D eigenvalue weighted by Crippen LogP contribution is -2.00. The van der Waals surface area contributed by atoms with Gasteiger partial charge in [0.2, 0.25) is 0 Å². The highest BCUT2D eigenvalue weighted by molar-refractivity contribution is 9.10. The second-order valence-corrected chi connectivity index (χ2v) is 5.02.